The Hall–Kier alpha value is -1.05. The van der Waals surface area contributed by atoms with Crippen LogP contribution in [-0.4, -0.2) is 0 Å². The summed E-state index contributed by atoms with van der Waals surface area (Å²) in [4.78, 5) is 0. The van der Waals surface area contributed by atoms with Crippen LogP contribution in [0.3, 0.4) is 0 Å². The fourth-order valence-electron chi connectivity index (χ4n) is 4.24. The van der Waals surface area contributed by atoms with Gasteiger partial charge in [0.2, 0.25) is 0 Å². The molecule has 0 saturated heterocycles. The van der Waals surface area contributed by atoms with Crippen LogP contribution < -0.4 is 17.0 Å². The minimum absolute atomic E-state index is 0. The van der Waals surface area contributed by atoms with Gasteiger partial charge in [0.05, 0.1) is 24.6 Å². The zero-order valence-corrected chi connectivity index (χ0v) is 23.9. The van der Waals surface area contributed by atoms with Crippen molar-refractivity contribution >= 4 is 53.7 Å². The van der Waals surface area contributed by atoms with Gasteiger partial charge in [0, 0.05) is 27.4 Å². The lowest BCUT2D eigenvalue weighted by atomic mass is 10.2. The first-order valence-electron chi connectivity index (χ1n) is 10.7. The fraction of sp³-hybridized carbons (Fsp3) is 0.143. The maximum absolute atomic E-state index is 6.19. The zero-order valence-electron chi connectivity index (χ0n) is 18.4. The Bertz CT molecular complexity index is 980. The summed E-state index contributed by atoms with van der Waals surface area (Å²) < 4.78 is 0. The Morgan fingerprint density at radius 3 is 0.706 bits per heavy atom. The van der Waals surface area contributed by atoms with Crippen molar-refractivity contribution < 1.29 is 17.0 Å². The van der Waals surface area contributed by atoms with E-state index in [9.17, 15) is 0 Å². The molecule has 6 heteroatoms. The van der Waals surface area contributed by atoms with Crippen LogP contribution in [-0.2, 0) is 24.6 Å². The van der Waals surface area contributed by atoms with Crippen LogP contribution in [0.25, 0.3) is 0 Å². The Labute approximate surface area is 233 Å². The second-order valence-electron chi connectivity index (χ2n) is 8.48. The van der Waals surface area contributed by atoms with Crippen molar-refractivity contribution in [3.8, 4) is 0 Å². The number of halogens is 5. The van der Waals surface area contributed by atoms with Gasteiger partial charge in [-0.1, -0.05) is 94.9 Å². The highest BCUT2D eigenvalue weighted by molar-refractivity contribution is 7.72. The predicted molar refractivity (Wildman–Crippen MR) is 148 cm³/mol. The fourth-order valence-corrected chi connectivity index (χ4v) is 9.36. The van der Waals surface area contributed by atoms with E-state index in [2.05, 4.69) is 48.5 Å². The average Bonchev–Trinajstić information content (AvgIpc) is 2.80. The molecule has 176 valence electrons. The van der Waals surface area contributed by atoms with E-state index in [4.69, 9.17) is 46.4 Å². The van der Waals surface area contributed by atoms with E-state index in [-0.39, 0.29) is 17.0 Å². The van der Waals surface area contributed by atoms with Crippen molar-refractivity contribution in [2.45, 2.75) is 24.6 Å². The molecule has 0 atom stereocenters. The standard InChI is InChI=1S/C28H24Cl4P.BrH/c29-25-9-1-21(2-10-25)17-33(18-22-3-11-26(30)12-4-22,19-23-5-13-27(31)14-6-23)20-24-7-15-28(32)16-8-24;/h1-16H,17-20H2;1H/q+1;/p-1. The Morgan fingerprint density at radius 2 is 0.529 bits per heavy atom. The number of rotatable bonds is 8. The molecule has 0 nitrogen and oxygen atoms in total. The van der Waals surface area contributed by atoms with Gasteiger partial charge < -0.3 is 17.0 Å². The molecule has 4 aromatic carbocycles. The number of hydrogen-bond acceptors (Lipinski definition) is 0. The molecule has 0 heterocycles. The van der Waals surface area contributed by atoms with Gasteiger partial charge in [-0.05, 0) is 70.8 Å². The van der Waals surface area contributed by atoms with E-state index in [1.165, 1.54) is 22.3 Å². The van der Waals surface area contributed by atoms with Crippen LogP contribution in [0.1, 0.15) is 22.3 Å². The summed E-state index contributed by atoms with van der Waals surface area (Å²) in [6, 6.07) is 33.1. The third-order valence-electron chi connectivity index (χ3n) is 5.72. The quantitative estimate of drug-likeness (QED) is 0.182. The molecule has 0 aliphatic heterocycles. The average molecular weight is 613 g/mol. The maximum Gasteiger partial charge on any atom is 0.0852 e. The predicted octanol–water partition coefficient (Wildman–Crippen LogP) is 7.42. The molecule has 0 N–H and O–H groups in total. The molecule has 0 aliphatic rings. The third kappa shape index (κ3) is 7.99. The maximum atomic E-state index is 6.19. The van der Waals surface area contributed by atoms with E-state index in [0.717, 1.165) is 44.7 Å². The molecule has 0 bridgehead atoms. The van der Waals surface area contributed by atoms with Crippen molar-refractivity contribution in [2.75, 3.05) is 0 Å². The van der Waals surface area contributed by atoms with Crippen LogP contribution in [0, 0.1) is 0 Å². The van der Waals surface area contributed by atoms with Gasteiger partial charge in [-0.25, -0.2) is 0 Å². The summed E-state index contributed by atoms with van der Waals surface area (Å²) in [6.07, 6.45) is 4.05. The summed E-state index contributed by atoms with van der Waals surface area (Å²) in [5, 5.41) is 3.04. The van der Waals surface area contributed by atoms with Crippen molar-refractivity contribution in [3.63, 3.8) is 0 Å². The molecule has 0 aromatic heterocycles. The molecule has 0 spiro atoms. The molecule has 0 aliphatic carbocycles. The first-order valence-corrected chi connectivity index (χ1v) is 14.8. The summed E-state index contributed by atoms with van der Waals surface area (Å²) in [5.41, 5.74) is 5.24. The Kier molecular flexibility index (Phi) is 10.3. The van der Waals surface area contributed by atoms with Crippen molar-refractivity contribution in [3.05, 3.63) is 139 Å². The molecular formula is C28H24BrCl4P. The molecular weight excluding hydrogens is 589 g/mol. The van der Waals surface area contributed by atoms with Gasteiger partial charge in [-0.2, -0.15) is 0 Å². The Morgan fingerprint density at radius 1 is 0.353 bits per heavy atom. The molecule has 4 aromatic rings. The molecule has 0 fully saturated rings. The summed E-state index contributed by atoms with van der Waals surface area (Å²) in [7, 11) is -1.62. The van der Waals surface area contributed by atoms with Crippen molar-refractivity contribution in [2.24, 2.45) is 0 Å². The topological polar surface area (TPSA) is 0 Å². The van der Waals surface area contributed by atoms with Crippen LogP contribution in [0.5, 0.6) is 0 Å². The van der Waals surface area contributed by atoms with Gasteiger partial charge in [-0.3, -0.25) is 0 Å². The molecule has 0 unspecified atom stereocenters. The number of benzene rings is 4. The molecule has 0 saturated carbocycles. The lowest BCUT2D eigenvalue weighted by Gasteiger charge is -2.29. The highest BCUT2D eigenvalue weighted by Crippen LogP contribution is 2.68. The van der Waals surface area contributed by atoms with Gasteiger partial charge >= 0.3 is 0 Å². The van der Waals surface area contributed by atoms with Crippen molar-refractivity contribution in [1.29, 1.82) is 0 Å². The van der Waals surface area contributed by atoms with E-state index in [0.29, 0.717) is 0 Å². The summed E-state index contributed by atoms with van der Waals surface area (Å²) in [6.45, 7) is 0. The minimum atomic E-state index is -1.62. The zero-order chi connectivity index (χ0) is 23.3. The SMILES string of the molecule is Clc1ccc(C[P+](Cc2ccc(Cl)cc2)(Cc2ccc(Cl)cc2)Cc2ccc(Cl)cc2)cc1.[Br-]. The van der Waals surface area contributed by atoms with Crippen LogP contribution in [0.15, 0.2) is 97.1 Å². The third-order valence-corrected chi connectivity index (χ3v) is 10.9. The van der Waals surface area contributed by atoms with E-state index in [1.54, 1.807) is 0 Å². The van der Waals surface area contributed by atoms with Crippen molar-refractivity contribution in [1.82, 2.24) is 0 Å². The first-order chi connectivity index (χ1) is 15.9. The second kappa shape index (κ2) is 12.8. The minimum Gasteiger partial charge on any atom is -1.00 e. The monoisotopic (exact) mass is 610 g/mol. The lowest BCUT2D eigenvalue weighted by molar-refractivity contribution is -0.00000645. The molecule has 34 heavy (non-hydrogen) atoms. The molecule has 4 rings (SSSR count). The van der Waals surface area contributed by atoms with Gasteiger partial charge in [-0.15, -0.1) is 0 Å². The van der Waals surface area contributed by atoms with E-state index >= 15 is 0 Å². The number of hydrogen-bond donors (Lipinski definition) is 0. The van der Waals surface area contributed by atoms with E-state index in [1.807, 2.05) is 48.5 Å². The molecule has 0 radical (unpaired) electrons. The largest absolute Gasteiger partial charge is 1.00 e. The summed E-state index contributed by atoms with van der Waals surface area (Å²) in [5.74, 6) is 0. The normalized spacial score (nSPS) is 11.2. The lowest BCUT2D eigenvalue weighted by Crippen LogP contribution is -3.00. The second-order valence-corrected chi connectivity index (χ2v) is 14.2. The smallest absolute Gasteiger partial charge is 0.0852 e. The van der Waals surface area contributed by atoms with Gasteiger partial charge in [0.1, 0.15) is 0 Å². The van der Waals surface area contributed by atoms with Crippen LogP contribution >= 0.6 is 53.7 Å². The van der Waals surface area contributed by atoms with Gasteiger partial charge in [0.25, 0.3) is 0 Å². The highest BCUT2D eigenvalue weighted by Gasteiger charge is 2.38. The highest BCUT2D eigenvalue weighted by atomic mass is 79.9. The van der Waals surface area contributed by atoms with Gasteiger partial charge in [0.15, 0.2) is 0 Å². The first kappa shape index (κ1) is 27.5. The van der Waals surface area contributed by atoms with E-state index < -0.39 is 7.26 Å². The van der Waals surface area contributed by atoms with Crippen LogP contribution in [0.4, 0.5) is 0 Å². The summed E-state index contributed by atoms with van der Waals surface area (Å²) >= 11 is 24.8. The van der Waals surface area contributed by atoms with Crippen LogP contribution in [0.2, 0.25) is 20.1 Å². The Balaban J connectivity index is 0.00000324. The molecule has 0 amide bonds.